The van der Waals surface area contributed by atoms with E-state index in [9.17, 15) is 8.42 Å². The number of nitrogens with one attached hydrogen (secondary N) is 1. The van der Waals surface area contributed by atoms with Gasteiger partial charge in [0.1, 0.15) is 0 Å². The van der Waals surface area contributed by atoms with E-state index in [4.69, 9.17) is 5.14 Å². The fourth-order valence-electron chi connectivity index (χ4n) is 1.56. The van der Waals surface area contributed by atoms with E-state index in [0.717, 1.165) is 16.9 Å². The van der Waals surface area contributed by atoms with E-state index in [1.807, 2.05) is 19.1 Å². The third kappa shape index (κ3) is 3.77. The molecule has 0 aliphatic heterocycles. The minimum atomic E-state index is -3.63. The molecule has 0 atom stereocenters. The van der Waals surface area contributed by atoms with E-state index < -0.39 is 10.0 Å². The van der Waals surface area contributed by atoms with Crippen molar-refractivity contribution in [3.8, 4) is 0 Å². The van der Waals surface area contributed by atoms with Crippen LogP contribution < -0.4 is 10.5 Å². The molecule has 1 heterocycles. The van der Waals surface area contributed by atoms with Crippen molar-refractivity contribution in [1.29, 1.82) is 0 Å². The molecule has 2 aromatic rings. The summed E-state index contributed by atoms with van der Waals surface area (Å²) in [6.07, 6.45) is 1.81. The molecule has 1 aromatic heterocycles. The van der Waals surface area contributed by atoms with Gasteiger partial charge in [-0.05, 0) is 42.8 Å². The number of nitrogens with zero attached hydrogens (tertiary/aromatic N) is 1. The number of anilines is 1. The quantitative estimate of drug-likeness (QED) is 0.889. The SMILES string of the molecule is Cc1ccc(CNc2ccc(S(N)(=O)=O)cc2)nc1. The van der Waals surface area contributed by atoms with Crippen molar-refractivity contribution in [3.05, 3.63) is 53.9 Å². The van der Waals surface area contributed by atoms with E-state index in [2.05, 4.69) is 10.3 Å². The predicted octanol–water partition coefficient (Wildman–Crippen LogP) is 1.65. The summed E-state index contributed by atoms with van der Waals surface area (Å²) in [5.41, 5.74) is 2.84. The molecular formula is C13H15N3O2S. The van der Waals surface area contributed by atoms with Gasteiger partial charge in [-0.1, -0.05) is 6.07 Å². The maximum absolute atomic E-state index is 11.1. The van der Waals surface area contributed by atoms with Crippen molar-refractivity contribution in [2.45, 2.75) is 18.4 Å². The Morgan fingerprint density at radius 3 is 2.37 bits per heavy atom. The third-order valence-corrected chi connectivity index (χ3v) is 3.56. The first-order valence-corrected chi connectivity index (χ1v) is 7.28. The highest BCUT2D eigenvalue weighted by Gasteiger charge is 2.06. The van der Waals surface area contributed by atoms with Gasteiger partial charge in [-0.2, -0.15) is 0 Å². The molecule has 0 radical (unpaired) electrons. The molecular weight excluding hydrogens is 262 g/mol. The van der Waals surface area contributed by atoms with Crippen molar-refractivity contribution in [2.24, 2.45) is 5.14 Å². The molecule has 0 saturated heterocycles. The van der Waals surface area contributed by atoms with E-state index in [1.54, 1.807) is 18.3 Å². The topological polar surface area (TPSA) is 85.1 Å². The molecule has 5 nitrogen and oxygen atoms in total. The zero-order valence-corrected chi connectivity index (χ0v) is 11.3. The van der Waals surface area contributed by atoms with Gasteiger partial charge >= 0.3 is 0 Å². The number of primary sulfonamides is 1. The molecule has 0 aliphatic rings. The first-order chi connectivity index (χ1) is 8.95. The van der Waals surface area contributed by atoms with Crippen molar-refractivity contribution in [3.63, 3.8) is 0 Å². The number of aromatic nitrogens is 1. The first kappa shape index (κ1) is 13.5. The number of hydrogen-bond donors (Lipinski definition) is 2. The molecule has 0 unspecified atom stereocenters. The van der Waals surface area contributed by atoms with Crippen LogP contribution in [0.3, 0.4) is 0 Å². The fraction of sp³-hybridized carbons (Fsp3) is 0.154. The van der Waals surface area contributed by atoms with Gasteiger partial charge in [0.2, 0.25) is 10.0 Å². The van der Waals surface area contributed by atoms with Gasteiger partial charge in [0.05, 0.1) is 17.1 Å². The second kappa shape index (κ2) is 5.38. The van der Waals surface area contributed by atoms with E-state index in [-0.39, 0.29) is 4.90 Å². The molecule has 100 valence electrons. The third-order valence-electron chi connectivity index (χ3n) is 2.63. The van der Waals surface area contributed by atoms with Gasteiger partial charge in [-0.25, -0.2) is 13.6 Å². The Balaban J connectivity index is 2.02. The fourth-order valence-corrected chi connectivity index (χ4v) is 2.07. The Hall–Kier alpha value is -1.92. The molecule has 19 heavy (non-hydrogen) atoms. The summed E-state index contributed by atoms with van der Waals surface area (Å²) in [6.45, 7) is 2.56. The predicted molar refractivity (Wildman–Crippen MR) is 74.1 cm³/mol. The second-order valence-corrected chi connectivity index (χ2v) is 5.81. The second-order valence-electron chi connectivity index (χ2n) is 4.25. The number of benzene rings is 1. The van der Waals surface area contributed by atoms with Crippen LogP contribution in [0.25, 0.3) is 0 Å². The van der Waals surface area contributed by atoms with Crippen LogP contribution in [0.2, 0.25) is 0 Å². The van der Waals surface area contributed by atoms with E-state index >= 15 is 0 Å². The lowest BCUT2D eigenvalue weighted by molar-refractivity contribution is 0.598. The van der Waals surface area contributed by atoms with Crippen LogP contribution in [-0.4, -0.2) is 13.4 Å². The zero-order chi connectivity index (χ0) is 13.9. The molecule has 0 saturated carbocycles. The van der Waals surface area contributed by atoms with Crippen molar-refractivity contribution in [2.75, 3.05) is 5.32 Å². The standard InChI is InChI=1S/C13H15N3O2S/c1-10-2-3-12(15-8-10)9-16-11-4-6-13(7-5-11)19(14,17)18/h2-8,16H,9H2,1H3,(H2,14,17,18). The number of hydrogen-bond acceptors (Lipinski definition) is 4. The maximum Gasteiger partial charge on any atom is 0.238 e. The van der Waals surface area contributed by atoms with Crippen LogP contribution in [0.15, 0.2) is 47.5 Å². The highest BCUT2D eigenvalue weighted by atomic mass is 32.2. The van der Waals surface area contributed by atoms with Crippen molar-refractivity contribution < 1.29 is 8.42 Å². The number of rotatable bonds is 4. The van der Waals surface area contributed by atoms with Gasteiger partial charge < -0.3 is 5.32 Å². The van der Waals surface area contributed by atoms with Gasteiger partial charge in [0.15, 0.2) is 0 Å². The molecule has 2 rings (SSSR count). The van der Waals surface area contributed by atoms with Crippen molar-refractivity contribution in [1.82, 2.24) is 4.98 Å². The van der Waals surface area contributed by atoms with Crippen LogP contribution in [0.4, 0.5) is 5.69 Å². The maximum atomic E-state index is 11.1. The molecule has 0 fully saturated rings. The lowest BCUT2D eigenvalue weighted by Crippen LogP contribution is -2.12. The number of pyridine rings is 1. The zero-order valence-electron chi connectivity index (χ0n) is 10.5. The molecule has 0 amide bonds. The van der Waals surface area contributed by atoms with Crippen LogP contribution in [-0.2, 0) is 16.6 Å². The van der Waals surface area contributed by atoms with Gasteiger partial charge in [-0.3, -0.25) is 4.98 Å². The molecule has 1 aromatic carbocycles. The van der Waals surface area contributed by atoms with Crippen molar-refractivity contribution >= 4 is 15.7 Å². The molecule has 3 N–H and O–H groups in total. The van der Waals surface area contributed by atoms with Gasteiger partial charge in [-0.15, -0.1) is 0 Å². The summed E-state index contributed by atoms with van der Waals surface area (Å²) in [5, 5.41) is 8.19. The Labute approximate surface area is 112 Å². The minimum absolute atomic E-state index is 0.103. The van der Waals surface area contributed by atoms with E-state index in [0.29, 0.717) is 6.54 Å². The Morgan fingerprint density at radius 1 is 1.16 bits per heavy atom. The Kier molecular flexibility index (Phi) is 3.82. The van der Waals surface area contributed by atoms with E-state index in [1.165, 1.54) is 12.1 Å². The number of nitrogens with two attached hydrogens (primary N) is 1. The molecule has 6 heteroatoms. The lowest BCUT2D eigenvalue weighted by atomic mass is 10.2. The van der Waals surface area contributed by atoms with Crippen LogP contribution in [0.5, 0.6) is 0 Å². The number of sulfonamides is 1. The summed E-state index contributed by atoms with van der Waals surface area (Å²) < 4.78 is 22.2. The molecule has 0 spiro atoms. The normalized spacial score (nSPS) is 11.3. The smallest absolute Gasteiger partial charge is 0.238 e. The summed E-state index contributed by atoms with van der Waals surface area (Å²) in [7, 11) is -3.63. The van der Waals surface area contributed by atoms with Crippen LogP contribution in [0, 0.1) is 6.92 Å². The minimum Gasteiger partial charge on any atom is -0.379 e. The largest absolute Gasteiger partial charge is 0.379 e. The average molecular weight is 277 g/mol. The summed E-state index contributed by atoms with van der Waals surface area (Å²) in [5.74, 6) is 0. The molecule has 0 bridgehead atoms. The average Bonchev–Trinajstić information content (AvgIpc) is 2.37. The lowest BCUT2D eigenvalue weighted by Gasteiger charge is -2.06. The first-order valence-electron chi connectivity index (χ1n) is 5.73. The highest BCUT2D eigenvalue weighted by Crippen LogP contribution is 2.13. The number of aryl methyl sites for hydroxylation is 1. The monoisotopic (exact) mass is 277 g/mol. The summed E-state index contributed by atoms with van der Waals surface area (Å²) >= 11 is 0. The van der Waals surface area contributed by atoms with Gasteiger partial charge in [0.25, 0.3) is 0 Å². The highest BCUT2D eigenvalue weighted by molar-refractivity contribution is 7.89. The summed E-state index contributed by atoms with van der Waals surface area (Å²) in [6, 6.07) is 10.2. The van der Waals surface area contributed by atoms with Crippen LogP contribution >= 0.6 is 0 Å². The van der Waals surface area contributed by atoms with Crippen LogP contribution in [0.1, 0.15) is 11.3 Å². The summed E-state index contributed by atoms with van der Waals surface area (Å²) in [4.78, 5) is 4.38. The Morgan fingerprint density at radius 2 is 1.84 bits per heavy atom. The van der Waals surface area contributed by atoms with Gasteiger partial charge in [0, 0.05) is 11.9 Å². The molecule has 0 aliphatic carbocycles. The Bertz CT molecular complexity index is 649.